The number of ether oxygens (including phenoxy) is 2. The van der Waals surface area contributed by atoms with Gasteiger partial charge in [0.2, 0.25) is 6.79 Å². The summed E-state index contributed by atoms with van der Waals surface area (Å²) in [6, 6.07) is 11.8. The molecule has 0 bridgehead atoms. The third-order valence-electron chi connectivity index (χ3n) is 3.34. The normalized spacial score (nSPS) is 12.8. The Morgan fingerprint density at radius 3 is 3.00 bits per heavy atom. The van der Waals surface area contributed by atoms with Crippen molar-refractivity contribution in [3.63, 3.8) is 0 Å². The van der Waals surface area contributed by atoms with Gasteiger partial charge in [-0.1, -0.05) is 6.07 Å². The second-order valence-electron chi connectivity index (χ2n) is 4.67. The van der Waals surface area contributed by atoms with E-state index in [0.29, 0.717) is 0 Å². The van der Waals surface area contributed by atoms with E-state index in [-0.39, 0.29) is 6.79 Å². The van der Waals surface area contributed by atoms with Gasteiger partial charge in [-0.25, -0.2) is 4.98 Å². The van der Waals surface area contributed by atoms with Crippen molar-refractivity contribution in [1.29, 1.82) is 0 Å². The molecule has 0 atom stereocenters. The van der Waals surface area contributed by atoms with Gasteiger partial charge in [0.25, 0.3) is 0 Å². The molecule has 1 aliphatic rings. The molecule has 0 fully saturated rings. The van der Waals surface area contributed by atoms with Gasteiger partial charge in [-0.15, -0.1) is 0 Å². The van der Waals surface area contributed by atoms with E-state index in [0.717, 1.165) is 34.3 Å². The molecular formula is C15H13N3O2. The van der Waals surface area contributed by atoms with Crippen molar-refractivity contribution in [3.05, 3.63) is 48.3 Å². The minimum atomic E-state index is 0.285. The zero-order chi connectivity index (χ0) is 13.5. The number of aromatic nitrogens is 2. The summed E-state index contributed by atoms with van der Waals surface area (Å²) < 4.78 is 12.7. The van der Waals surface area contributed by atoms with Gasteiger partial charge in [0.1, 0.15) is 11.5 Å². The summed E-state index contributed by atoms with van der Waals surface area (Å²) in [5.41, 5.74) is 2.82. The second-order valence-corrected chi connectivity index (χ2v) is 4.67. The van der Waals surface area contributed by atoms with E-state index in [1.807, 2.05) is 53.9 Å². The van der Waals surface area contributed by atoms with Crippen molar-refractivity contribution in [2.45, 2.75) is 6.92 Å². The predicted octanol–water partition coefficient (Wildman–Crippen LogP) is 3.12. The number of imidazole rings is 1. The zero-order valence-corrected chi connectivity index (χ0v) is 11.0. The van der Waals surface area contributed by atoms with Crippen molar-refractivity contribution in [2.24, 2.45) is 0 Å². The maximum absolute atomic E-state index is 5.39. The first-order valence-corrected chi connectivity index (χ1v) is 6.41. The van der Waals surface area contributed by atoms with E-state index < -0.39 is 0 Å². The van der Waals surface area contributed by atoms with Gasteiger partial charge in [-0.05, 0) is 31.2 Å². The Balaban J connectivity index is 1.76. The van der Waals surface area contributed by atoms with Crippen molar-refractivity contribution >= 4 is 17.2 Å². The van der Waals surface area contributed by atoms with E-state index in [1.54, 1.807) is 0 Å². The molecule has 0 saturated carbocycles. The number of fused-ring (bicyclic) bond motifs is 2. The van der Waals surface area contributed by atoms with Crippen LogP contribution in [0, 0.1) is 6.92 Å². The van der Waals surface area contributed by atoms with Crippen LogP contribution in [0.2, 0.25) is 0 Å². The molecule has 3 heterocycles. The Bertz CT molecular complexity index is 795. The average molecular weight is 267 g/mol. The van der Waals surface area contributed by atoms with Crippen LogP contribution in [0.3, 0.4) is 0 Å². The maximum Gasteiger partial charge on any atom is 0.231 e. The van der Waals surface area contributed by atoms with Crippen LogP contribution in [0.5, 0.6) is 11.5 Å². The van der Waals surface area contributed by atoms with Crippen LogP contribution in [-0.2, 0) is 0 Å². The topological polar surface area (TPSA) is 47.8 Å². The molecule has 1 aromatic carbocycles. The molecule has 100 valence electrons. The monoisotopic (exact) mass is 267 g/mol. The molecular weight excluding hydrogens is 254 g/mol. The molecule has 1 aliphatic heterocycles. The molecule has 0 aliphatic carbocycles. The summed E-state index contributed by atoms with van der Waals surface area (Å²) in [6.07, 6.45) is 1.99. The number of hydrogen-bond donors (Lipinski definition) is 1. The first-order chi connectivity index (χ1) is 9.81. The summed E-state index contributed by atoms with van der Waals surface area (Å²) in [5, 5.41) is 3.39. The highest BCUT2D eigenvalue weighted by Gasteiger charge is 2.14. The van der Waals surface area contributed by atoms with Crippen molar-refractivity contribution < 1.29 is 9.47 Å². The number of rotatable bonds is 2. The predicted molar refractivity (Wildman–Crippen MR) is 75.8 cm³/mol. The first kappa shape index (κ1) is 11.2. The quantitative estimate of drug-likeness (QED) is 0.775. The smallest absolute Gasteiger partial charge is 0.231 e. The lowest BCUT2D eigenvalue weighted by molar-refractivity contribution is 0.174. The number of nitrogens with one attached hydrogen (secondary N) is 1. The molecule has 2 aromatic heterocycles. The molecule has 1 N–H and O–H groups in total. The van der Waals surface area contributed by atoms with E-state index >= 15 is 0 Å². The zero-order valence-electron chi connectivity index (χ0n) is 11.0. The Labute approximate surface area is 115 Å². The Morgan fingerprint density at radius 2 is 2.05 bits per heavy atom. The summed E-state index contributed by atoms with van der Waals surface area (Å²) in [6.45, 7) is 2.27. The lowest BCUT2D eigenvalue weighted by atomic mass is 10.2. The Kier molecular flexibility index (Phi) is 2.32. The number of aryl methyl sites for hydroxylation is 1. The van der Waals surface area contributed by atoms with Gasteiger partial charge in [0.15, 0.2) is 11.5 Å². The minimum absolute atomic E-state index is 0.285. The van der Waals surface area contributed by atoms with E-state index in [4.69, 9.17) is 9.47 Å². The van der Waals surface area contributed by atoms with Crippen LogP contribution >= 0.6 is 0 Å². The number of hydrogen-bond acceptors (Lipinski definition) is 4. The van der Waals surface area contributed by atoms with Crippen LogP contribution < -0.4 is 14.8 Å². The largest absolute Gasteiger partial charge is 0.454 e. The molecule has 0 spiro atoms. The highest BCUT2D eigenvalue weighted by atomic mass is 16.7. The van der Waals surface area contributed by atoms with Gasteiger partial charge in [0.05, 0.1) is 5.69 Å². The van der Waals surface area contributed by atoms with Crippen molar-refractivity contribution in [2.75, 3.05) is 12.1 Å². The van der Waals surface area contributed by atoms with Crippen LogP contribution in [-0.4, -0.2) is 16.2 Å². The van der Waals surface area contributed by atoms with Crippen LogP contribution in [0.15, 0.2) is 42.6 Å². The molecule has 0 amide bonds. The van der Waals surface area contributed by atoms with Crippen LogP contribution in [0.4, 0.5) is 11.5 Å². The van der Waals surface area contributed by atoms with E-state index in [2.05, 4.69) is 10.3 Å². The SMILES string of the molecule is Cc1nc2ccccn2c1Nc1ccc2c(c1)OCO2. The third kappa shape index (κ3) is 1.67. The molecule has 3 aromatic rings. The van der Waals surface area contributed by atoms with Gasteiger partial charge in [-0.3, -0.25) is 4.40 Å². The molecule has 0 saturated heterocycles. The highest BCUT2D eigenvalue weighted by Crippen LogP contribution is 2.35. The minimum Gasteiger partial charge on any atom is -0.454 e. The Hall–Kier alpha value is -2.69. The van der Waals surface area contributed by atoms with Gasteiger partial charge in [-0.2, -0.15) is 0 Å². The molecule has 0 radical (unpaired) electrons. The Morgan fingerprint density at radius 1 is 1.15 bits per heavy atom. The number of benzene rings is 1. The maximum atomic E-state index is 5.39. The fraction of sp³-hybridized carbons (Fsp3) is 0.133. The average Bonchev–Trinajstić information content (AvgIpc) is 3.04. The van der Waals surface area contributed by atoms with Crippen molar-refractivity contribution in [1.82, 2.24) is 9.38 Å². The molecule has 4 rings (SSSR count). The molecule has 5 nitrogen and oxygen atoms in total. The summed E-state index contributed by atoms with van der Waals surface area (Å²) >= 11 is 0. The van der Waals surface area contributed by atoms with E-state index in [9.17, 15) is 0 Å². The molecule has 20 heavy (non-hydrogen) atoms. The van der Waals surface area contributed by atoms with Crippen molar-refractivity contribution in [3.8, 4) is 11.5 Å². The number of pyridine rings is 1. The third-order valence-corrected chi connectivity index (χ3v) is 3.34. The molecule has 0 unspecified atom stereocenters. The summed E-state index contributed by atoms with van der Waals surface area (Å²) in [4.78, 5) is 4.53. The highest BCUT2D eigenvalue weighted by molar-refractivity contribution is 5.66. The van der Waals surface area contributed by atoms with Gasteiger partial charge in [0, 0.05) is 18.0 Å². The second kappa shape index (κ2) is 4.16. The van der Waals surface area contributed by atoms with Crippen LogP contribution in [0.25, 0.3) is 5.65 Å². The fourth-order valence-corrected chi connectivity index (χ4v) is 2.38. The van der Waals surface area contributed by atoms with Gasteiger partial charge < -0.3 is 14.8 Å². The van der Waals surface area contributed by atoms with Gasteiger partial charge >= 0.3 is 0 Å². The standard InChI is InChI=1S/C15H13N3O2/c1-10-15(18-7-3-2-4-14(18)16-10)17-11-5-6-12-13(8-11)20-9-19-12/h2-8,17H,9H2,1H3. The van der Waals surface area contributed by atoms with E-state index in [1.165, 1.54) is 0 Å². The summed E-state index contributed by atoms with van der Waals surface area (Å²) in [5.74, 6) is 2.51. The van der Waals surface area contributed by atoms with Crippen LogP contribution in [0.1, 0.15) is 5.69 Å². The number of anilines is 2. The fourth-order valence-electron chi connectivity index (χ4n) is 2.38. The number of nitrogens with zero attached hydrogens (tertiary/aromatic N) is 2. The first-order valence-electron chi connectivity index (χ1n) is 6.41. The lowest BCUT2D eigenvalue weighted by Gasteiger charge is -2.08. The lowest BCUT2D eigenvalue weighted by Crippen LogP contribution is -1.96. The molecule has 5 heteroatoms. The summed E-state index contributed by atoms with van der Waals surface area (Å²) in [7, 11) is 0.